The number of carbonyl (C=O) groups excluding carboxylic acids is 2. The molecule has 0 radical (unpaired) electrons. The van der Waals surface area contributed by atoms with Crippen LogP contribution in [0.4, 0.5) is 5.69 Å². The summed E-state index contributed by atoms with van der Waals surface area (Å²) < 4.78 is 0. The molecular formula is C18H26N4O2. The molecule has 2 aliphatic heterocycles. The van der Waals surface area contributed by atoms with Gasteiger partial charge in [-0.3, -0.25) is 9.59 Å². The molecule has 6 heteroatoms. The lowest BCUT2D eigenvalue weighted by atomic mass is 10.2. The first-order valence-electron chi connectivity index (χ1n) is 8.91. The first-order chi connectivity index (χ1) is 11.6. The van der Waals surface area contributed by atoms with Crippen LogP contribution in [0, 0.1) is 0 Å². The standard InChI is InChI=1S/C18H26N4O2/c1-15(23)20-10-12-21(13-11-20)16-6-7-17(19-14-16)18(24)22-8-4-2-3-5-9-22/h6-7,14H,2-5,8-13H2,1H3. The van der Waals surface area contributed by atoms with Crippen molar-refractivity contribution in [1.82, 2.24) is 14.8 Å². The van der Waals surface area contributed by atoms with Crippen molar-refractivity contribution in [3.63, 3.8) is 0 Å². The molecule has 0 N–H and O–H groups in total. The molecule has 1 aromatic heterocycles. The number of anilines is 1. The highest BCUT2D eigenvalue weighted by Crippen LogP contribution is 2.17. The van der Waals surface area contributed by atoms with E-state index in [1.54, 1.807) is 13.1 Å². The predicted molar refractivity (Wildman–Crippen MR) is 93.1 cm³/mol. The molecule has 2 fully saturated rings. The first-order valence-corrected chi connectivity index (χ1v) is 8.91. The van der Waals surface area contributed by atoms with E-state index in [0.717, 1.165) is 57.8 Å². The van der Waals surface area contributed by atoms with Gasteiger partial charge >= 0.3 is 0 Å². The average molecular weight is 330 g/mol. The fourth-order valence-electron chi connectivity index (χ4n) is 3.41. The molecule has 0 aliphatic carbocycles. The van der Waals surface area contributed by atoms with E-state index in [1.807, 2.05) is 21.9 Å². The maximum absolute atomic E-state index is 12.6. The molecule has 3 rings (SSSR count). The maximum Gasteiger partial charge on any atom is 0.272 e. The Bertz CT molecular complexity index is 571. The van der Waals surface area contributed by atoms with Crippen molar-refractivity contribution in [3.8, 4) is 0 Å². The van der Waals surface area contributed by atoms with Crippen LogP contribution >= 0.6 is 0 Å². The second kappa shape index (κ2) is 7.64. The fourth-order valence-corrected chi connectivity index (χ4v) is 3.41. The molecule has 0 atom stereocenters. The number of carbonyl (C=O) groups is 2. The summed E-state index contributed by atoms with van der Waals surface area (Å²) in [7, 11) is 0. The highest BCUT2D eigenvalue weighted by Gasteiger charge is 2.21. The van der Waals surface area contributed by atoms with Gasteiger partial charge in [0.1, 0.15) is 5.69 Å². The van der Waals surface area contributed by atoms with Gasteiger partial charge in [-0.25, -0.2) is 4.98 Å². The van der Waals surface area contributed by atoms with E-state index in [-0.39, 0.29) is 11.8 Å². The Hall–Kier alpha value is -2.11. The number of pyridine rings is 1. The van der Waals surface area contributed by atoms with E-state index >= 15 is 0 Å². The number of aromatic nitrogens is 1. The normalized spacial score (nSPS) is 19.1. The Kier molecular flexibility index (Phi) is 5.33. The smallest absolute Gasteiger partial charge is 0.272 e. The van der Waals surface area contributed by atoms with Crippen LogP contribution in [0.3, 0.4) is 0 Å². The van der Waals surface area contributed by atoms with Gasteiger partial charge in [0.25, 0.3) is 5.91 Å². The van der Waals surface area contributed by atoms with Gasteiger partial charge in [-0.15, -0.1) is 0 Å². The van der Waals surface area contributed by atoms with Gasteiger partial charge in [-0.05, 0) is 25.0 Å². The second-order valence-corrected chi connectivity index (χ2v) is 6.60. The van der Waals surface area contributed by atoms with Crippen LogP contribution in [0.2, 0.25) is 0 Å². The van der Waals surface area contributed by atoms with Crippen LogP contribution in [-0.4, -0.2) is 65.9 Å². The van der Waals surface area contributed by atoms with Crippen molar-refractivity contribution >= 4 is 17.5 Å². The summed E-state index contributed by atoms with van der Waals surface area (Å²) in [4.78, 5) is 34.4. The molecule has 0 spiro atoms. The summed E-state index contributed by atoms with van der Waals surface area (Å²) in [5.41, 5.74) is 1.55. The van der Waals surface area contributed by atoms with Gasteiger partial charge in [0.2, 0.25) is 5.91 Å². The van der Waals surface area contributed by atoms with Crippen LogP contribution in [0.15, 0.2) is 18.3 Å². The third-order valence-electron chi connectivity index (χ3n) is 4.95. The van der Waals surface area contributed by atoms with Gasteiger partial charge in [-0.2, -0.15) is 0 Å². The zero-order chi connectivity index (χ0) is 16.9. The monoisotopic (exact) mass is 330 g/mol. The van der Waals surface area contributed by atoms with Crippen LogP contribution in [0.1, 0.15) is 43.1 Å². The Morgan fingerprint density at radius 1 is 0.875 bits per heavy atom. The molecule has 3 heterocycles. The molecule has 1 aromatic rings. The fraction of sp³-hybridized carbons (Fsp3) is 0.611. The quantitative estimate of drug-likeness (QED) is 0.829. The molecule has 0 aromatic carbocycles. The van der Waals surface area contributed by atoms with Gasteiger partial charge in [0.05, 0.1) is 11.9 Å². The van der Waals surface area contributed by atoms with E-state index in [0.29, 0.717) is 5.69 Å². The van der Waals surface area contributed by atoms with E-state index in [1.165, 1.54) is 12.8 Å². The maximum atomic E-state index is 12.6. The zero-order valence-electron chi connectivity index (χ0n) is 14.4. The van der Waals surface area contributed by atoms with E-state index in [2.05, 4.69) is 9.88 Å². The number of piperazine rings is 1. The Balaban J connectivity index is 1.61. The number of rotatable bonds is 2. The van der Waals surface area contributed by atoms with Crippen molar-refractivity contribution < 1.29 is 9.59 Å². The third-order valence-corrected chi connectivity index (χ3v) is 4.95. The van der Waals surface area contributed by atoms with Gasteiger partial charge in [0, 0.05) is 46.2 Å². The minimum absolute atomic E-state index is 0.0462. The van der Waals surface area contributed by atoms with Gasteiger partial charge < -0.3 is 14.7 Å². The molecule has 2 aliphatic rings. The molecule has 6 nitrogen and oxygen atoms in total. The molecule has 2 saturated heterocycles. The summed E-state index contributed by atoms with van der Waals surface area (Å²) in [6.07, 6.45) is 6.38. The molecule has 0 bridgehead atoms. The van der Waals surface area contributed by atoms with E-state index in [9.17, 15) is 9.59 Å². The van der Waals surface area contributed by atoms with Crippen molar-refractivity contribution in [3.05, 3.63) is 24.0 Å². The lowest BCUT2D eigenvalue weighted by Crippen LogP contribution is -2.48. The van der Waals surface area contributed by atoms with Crippen molar-refractivity contribution in [2.45, 2.75) is 32.6 Å². The Morgan fingerprint density at radius 3 is 2.08 bits per heavy atom. The summed E-state index contributed by atoms with van der Waals surface area (Å²) in [5.74, 6) is 0.177. The molecule has 0 saturated carbocycles. The highest BCUT2D eigenvalue weighted by molar-refractivity contribution is 5.92. The van der Waals surface area contributed by atoms with E-state index in [4.69, 9.17) is 0 Å². The topological polar surface area (TPSA) is 56.8 Å². The highest BCUT2D eigenvalue weighted by atomic mass is 16.2. The molecule has 130 valence electrons. The van der Waals surface area contributed by atoms with Crippen molar-refractivity contribution in [2.24, 2.45) is 0 Å². The Morgan fingerprint density at radius 2 is 1.54 bits per heavy atom. The number of amides is 2. The lowest BCUT2D eigenvalue weighted by Gasteiger charge is -2.35. The minimum atomic E-state index is 0.0462. The third kappa shape index (κ3) is 3.86. The van der Waals surface area contributed by atoms with Crippen molar-refractivity contribution in [1.29, 1.82) is 0 Å². The van der Waals surface area contributed by atoms with Crippen LogP contribution in [0.5, 0.6) is 0 Å². The summed E-state index contributed by atoms with van der Waals surface area (Å²) >= 11 is 0. The van der Waals surface area contributed by atoms with Crippen molar-refractivity contribution in [2.75, 3.05) is 44.2 Å². The predicted octanol–water partition coefficient (Wildman–Crippen LogP) is 1.77. The molecular weight excluding hydrogens is 304 g/mol. The number of hydrogen-bond acceptors (Lipinski definition) is 4. The molecule has 0 unspecified atom stereocenters. The second-order valence-electron chi connectivity index (χ2n) is 6.60. The number of hydrogen-bond donors (Lipinski definition) is 0. The zero-order valence-corrected chi connectivity index (χ0v) is 14.4. The Labute approximate surface area is 143 Å². The SMILES string of the molecule is CC(=O)N1CCN(c2ccc(C(=O)N3CCCCCC3)nc2)CC1. The largest absolute Gasteiger partial charge is 0.367 e. The van der Waals surface area contributed by atoms with E-state index < -0.39 is 0 Å². The lowest BCUT2D eigenvalue weighted by molar-refractivity contribution is -0.129. The van der Waals surface area contributed by atoms with Crippen LogP contribution in [-0.2, 0) is 4.79 Å². The summed E-state index contributed by atoms with van der Waals surface area (Å²) in [5, 5.41) is 0. The molecule has 24 heavy (non-hydrogen) atoms. The van der Waals surface area contributed by atoms with Crippen LogP contribution < -0.4 is 4.90 Å². The van der Waals surface area contributed by atoms with Crippen LogP contribution in [0.25, 0.3) is 0 Å². The van der Waals surface area contributed by atoms with Gasteiger partial charge in [-0.1, -0.05) is 12.8 Å². The summed E-state index contributed by atoms with van der Waals surface area (Å²) in [6, 6.07) is 3.81. The first kappa shape index (κ1) is 16.7. The van der Waals surface area contributed by atoms with Gasteiger partial charge in [0.15, 0.2) is 0 Å². The average Bonchev–Trinajstić information content (AvgIpc) is 2.91. The number of nitrogens with zero attached hydrogens (tertiary/aromatic N) is 4. The number of likely N-dealkylation sites (tertiary alicyclic amines) is 1. The summed E-state index contributed by atoms with van der Waals surface area (Å²) in [6.45, 7) is 6.39. The molecule has 2 amide bonds. The minimum Gasteiger partial charge on any atom is -0.367 e.